The number of H-pyrrole nitrogens is 1. The van der Waals surface area contributed by atoms with E-state index in [-0.39, 0.29) is 0 Å². The maximum atomic E-state index is 3.98. The summed E-state index contributed by atoms with van der Waals surface area (Å²) in [5.41, 5.74) is 2.41. The van der Waals surface area contributed by atoms with Crippen molar-refractivity contribution >= 4 is 26.8 Å². The Balaban J connectivity index is 2.75. The van der Waals surface area contributed by atoms with Crippen molar-refractivity contribution in [2.24, 2.45) is 0 Å². The smallest absolute Gasteiger partial charge is 0.0792 e. The summed E-state index contributed by atoms with van der Waals surface area (Å²) in [7, 11) is 0. The number of nitrogens with zero attached hydrogens (tertiary/aromatic N) is 1. The minimum absolute atomic E-state index is 1.06. The molecule has 0 aliphatic heterocycles. The molecule has 2 rings (SSSR count). The van der Waals surface area contributed by atoms with E-state index >= 15 is 0 Å². The van der Waals surface area contributed by atoms with Gasteiger partial charge in [0.05, 0.1) is 11.7 Å². The quantitative estimate of drug-likeness (QED) is 0.794. The molecule has 0 aliphatic carbocycles. The van der Waals surface area contributed by atoms with Crippen LogP contribution in [0, 0.1) is 0 Å². The van der Waals surface area contributed by atoms with Crippen LogP contribution in [0.1, 0.15) is 12.5 Å². The molecule has 1 aromatic heterocycles. The van der Waals surface area contributed by atoms with Crippen LogP contribution in [0.5, 0.6) is 0 Å². The van der Waals surface area contributed by atoms with Gasteiger partial charge in [-0.05, 0) is 40.0 Å². The average molecular weight is 225 g/mol. The SMILES string of the molecule is CCc1cc(Br)c2[nH]ncc2c1. The van der Waals surface area contributed by atoms with Crippen LogP contribution in [0.2, 0.25) is 0 Å². The topological polar surface area (TPSA) is 28.7 Å². The highest BCUT2D eigenvalue weighted by atomic mass is 79.9. The minimum Gasteiger partial charge on any atom is -0.277 e. The van der Waals surface area contributed by atoms with Crippen LogP contribution in [-0.4, -0.2) is 10.2 Å². The van der Waals surface area contributed by atoms with Crippen LogP contribution in [0.3, 0.4) is 0 Å². The second-order valence-electron chi connectivity index (χ2n) is 2.77. The second-order valence-corrected chi connectivity index (χ2v) is 3.62. The summed E-state index contributed by atoms with van der Waals surface area (Å²) in [4.78, 5) is 0. The normalized spacial score (nSPS) is 10.8. The number of aromatic nitrogens is 2. The molecule has 0 atom stereocenters. The molecule has 2 aromatic rings. The van der Waals surface area contributed by atoms with Gasteiger partial charge in [-0.15, -0.1) is 0 Å². The second kappa shape index (κ2) is 2.90. The van der Waals surface area contributed by atoms with Gasteiger partial charge in [0, 0.05) is 9.86 Å². The lowest BCUT2D eigenvalue weighted by Gasteiger charge is -1.98. The summed E-state index contributed by atoms with van der Waals surface area (Å²) in [6, 6.07) is 4.28. The van der Waals surface area contributed by atoms with Crippen molar-refractivity contribution in [1.29, 1.82) is 0 Å². The van der Waals surface area contributed by atoms with Gasteiger partial charge < -0.3 is 0 Å². The Hall–Kier alpha value is -0.830. The zero-order chi connectivity index (χ0) is 8.55. The van der Waals surface area contributed by atoms with Gasteiger partial charge >= 0.3 is 0 Å². The molecular formula is C9H9BrN2. The molecule has 1 N–H and O–H groups in total. The number of benzene rings is 1. The number of halogens is 1. The molecule has 2 nitrogen and oxygen atoms in total. The minimum atomic E-state index is 1.06. The summed E-state index contributed by atoms with van der Waals surface area (Å²) in [5, 5.41) is 8.09. The van der Waals surface area contributed by atoms with Gasteiger partial charge in [0.1, 0.15) is 0 Å². The molecule has 1 heterocycles. The van der Waals surface area contributed by atoms with Crippen LogP contribution in [0.15, 0.2) is 22.8 Å². The Morgan fingerprint density at radius 1 is 1.50 bits per heavy atom. The van der Waals surface area contributed by atoms with Gasteiger partial charge in [-0.3, -0.25) is 5.10 Å². The summed E-state index contributed by atoms with van der Waals surface area (Å²) in [5.74, 6) is 0. The Morgan fingerprint density at radius 2 is 2.33 bits per heavy atom. The van der Waals surface area contributed by atoms with Gasteiger partial charge in [0.25, 0.3) is 0 Å². The van der Waals surface area contributed by atoms with E-state index in [1.807, 2.05) is 6.20 Å². The molecule has 62 valence electrons. The Morgan fingerprint density at radius 3 is 3.08 bits per heavy atom. The van der Waals surface area contributed by atoms with Crippen molar-refractivity contribution in [3.05, 3.63) is 28.4 Å². The standard InChI is InChI=1S/C9H9BrN2/c1-2-6-3-7-5-11-12-9(7)8(10)4-6/h3-5H,2H2,1H3,(H,11,12). The van der Waals surface area contributed by atoms with Crippen molar-refractivity contribution in [2.45, 2.75) is 13.3 Å². The molecule has 0 saturated carbocycles. The van der Waals surface area contributed by atoms with E-state index < -0.39 is 0 Å². The number of aryl methyl sites for hydroxylation is 1. The number of hydrogen-bond donors (Lipinski definition) is 1. The third-order valence-electron chi connectivity index (χ3n) is 1.97. The maximum Gasteiger partial charge on any atom is 0.0792 e. The van der Waals surface area contributed by atoms with Gasteiger partial charge in [0.2, 0.25) is 0 Å². The molecule has 1 aromatic carbocycles. The Bertz CT molecular complexity index is 406. The predicted molar refractivity (Wildman–Crippen MR) is 53.2 cm³/mol. The van der Waals surface area contributed by atoms with Gasteiger partial charge in [-0.2, -0.15) is 5.10 Å². The van der Waals surface area contributed by atoms with Crippen molar-refractivity contribution < 1.29 is 0 Å². The highest BCUT2D eigenvalue weighted by molar-refractivity contribution is 9.10. The first-order valence-electron chi connectivity index (χ1n) is 3.92. The van der Waals surface area contributed by atoms with Crippen molar-refractivity contribution in [3.63, 3.8) is 0 Å². The zero-order valence-corrected chi connectivity index (χ0v) is 8.35. The fourth-order valence-electron chi connectivity index (χ4n) is 1.28. The molecule has 0 saturated heterocycles. The van der Waals surface area contributed by atoms with Gasteiger partial charge in [-0.25, -0.2) is 0 Å². The van der Waals surface area contributed by atoms with Crippen LogP contribution in [0.4, 0.5) is 0 Å². The van der Waals surface area contributed by atoms with Crippen molar-refractivity contribution in [1.82, 2.24) is 10.2 Å². The fourth-order valence-corrected chi connectivity index (χ4v) is 1.89. The molecule has 0 bridgehead atoms. The monoisotopic (exact) mass is 224 g/mol. The average Bonchev–Trinajstić information content (AvgIpc) is 2.52. The number of nitrogens with one attached hydrogen (secondary N) is 1. The Kier molecular flexibility index (Phi) is 1.89. The van der Waals surface area contributed by atoms with E-state index in [9.17, 15) is 0 Å². The number of hydrogen-bond acceptors (Lipinski definition) is 1. The van der Waals surface area contributed by atoms with E-state index in [0.29, 0.717) is 0 Å². The molecule has 0 radical (unpaired) electrons. The maximum absolute atomic E-state index is 3.98. The van der Waals surface area contributed by atoms with Crippen LogP contribution >= 0.6 is 15.9 Å². The third-order valence-corrected chi connectivity index (χ3v) is 2.59. The van der Waals surface area contributed by atoms with E-state index in [2.05, 4.69) is 45.2 Å². The van der Waals surface area contributed by atoms with Crippen LogP contribution < -0.4 is 0 Å². The largest absolute Gasteiger partial charge is 0.277 e. The molecule has 0 aliphatic rings. The highest BCUT2D eigenvalue weighted by Crippen LogP contribution is 2.23. The first-order chi connectivity index (χ1) is 5.81. The first kappa shape index (κ1) is 7.80. The van der Waals surface area contributed by atoms with E-state index in [1.54, 1.807) is 0 Å². The number of rotatable bonds is 1. The molecule has 0 spiro atoms. The molecule has 0 amide bonds. The lowest BCUT2D eigenvalue weighted by atomic mass is 10.1. The number of fused-ring (bicyclic) bond motifs is 1. The van der Waals surface area contributed by atoms with E-state index in [4.69, 9.17) is 0 Å². The lowest BCUT2D eigenvalue weighted by molar-refractivity contribution is 1.11. The molecule has 3 heteroatoms. The molecule has 0 fully saturated rings. The third kappa shape index (κ3) is 1.14. The molecule has 0 unspecified atom stereocenters. The summed E-state index contributed by atoms with van der Waals surface area (Å²) in [6.07, 6.45) is 2.90. The van der Waals surface area contributed by atoms with Crippen LogP contribution in [-0.2, 0) is 6.42 Å². The molecule has 12 heavy (non-hydrogen) atoms. The predicted octanol–water partition coefficient (Wildman–Crippen LogP) is 2.89. The van der Waals surface area contributed by atoms with Gasteiger partial charge in [-0.1, -0.05) is 6.92 Å². The van der Waals surface area contributed by atoms with E-state index in [0.717, 1.165) is 16.4 Å². The molecular weight excluding hydrogens is 216 g/mol. The number of aromatic amines is 1. The van der Waals surface area contributed by atoms with Gasteiger partial charge in [0.15, 0.2) is 0 Å². The lowest BCUT2D eigenvalue weighted by Crippen LogP contribution is -1.80. The fraction of sp³-hybridized carbons (Fsp3) is 0.222. The van der Waals surface area contributed by atoms with E-state index in [1.165, 1.54) is 10.9 Å². The van der Waals surface area contributed by atoms with Crippen LogP contribution in [0.25, 0.3) is 10.9 Å². The summed E-state index contributed by atoms with van der Waals surface area (Å²) in [6.45, 7) is 2.15. The van der Waals surface area contributed by atoms with Crippen molar-refractivity contribution in [2.75, 3.05) is 0 Å². The summed E-state index contributed by atoms with van der Waals surface area (Å²) >= 11 is 3.50. The Labute approximate surface area is 79.1 Å². The zero-order valence-electron chi connectivity index (χ0n) is 6.76. The summed E-state index contributed by atoms with van der Waals surface area (Å²) < 4.78 is 1.09. The highest BCUT2D eigenvalue weighted by Gasteiger charge is 2.01. The van der Waals surface area contributed by atoms with Crippen molar-refractivity contribution in [3.8, 4) is 0 Å². The first-order valence-corrected chi connectivity index (χ1v) is 4.72.